The number of benzene rings is 2. The first kappa shape index (κ1) is 14.4. The quantitative estimate of drug-likeness (QED) is 0.848. The molecule has 2 aromatic carbocycles. The molecule has 2 rings (SSSR count). The van der Waals surface area contributed by atoms with E-state index in [1.165, 1.54) is 0 Å². The summed E-state index contributed by atoms with van der Waals surface area (Å²) in [4.78, 5) is 12.1. The monoisotopic (exact) mass is 288 g/mol. The molecule has 0 radical (unpaired) electrons. The molecule has 0 saturated heterocycles. The van der Waals surface area contributed by atoms with Crippen molar-refractivity contribution in [2.45, 2.75) is 19.4 Å². The van der Waals surface area contributed by atoms with E-state index >= 15 is 0 Å². The van der Waals surface area contributed by atoms with Crippen LogP contribution in [0.3, 0.4) is 0 Å². The van der Waals surface area contributed by atoms with Gasteiger partial charge in [0.2, 0.25) is 0 Å². The molecule has 1 unspecified atom stereocenters. The van der Waals surface area contributed by atoms with Crippen LogP contribution in [0.25, 0.3) is 0 Å². The lowest BCUT2D eigenvalue weighted by Crippen LogP contribution is -2.34. The Morgan fingerprint density at radius 1 is 1.20 bits per heavy atom. The zero-order chi connectivity index (χ0) is 14.5. The number of rotatable bonds is 4. The van der Waals surface area contributed by atoms with E-state index < -0.39 is 0 Å². The number of halogens is 1. The van der Waals surface area contributed by atoms with Gasteiger partial charge in [-0.05, 0) is 37.1 Å². The minimum absolute atomic E-state index is 0.0259. The number of hydrogen-bond acceptors (Lipinski definition) is 2. The molecular formula is C16H17ClN2O. The lowest BCUT2D eigenvalue weighted by atomic mass is 10.1. The molecule has 0 aliphatic rings. The highest BCUT2D eigenvalue weighted by molar-refractivity contribution is 6.31. The molecule has 20 heavy (non-hydrogen) atoms. The van der Waals surface area contributed by atoms with Gasteiger partial charge >= 0.3 is 0 Å². The van der Waals surface area contributed by atoms with Crippen molar-refractivity contribution in [3.8, 4) is 0 Å². The summed E-state index contributed by atoms with van der Waals surface area (Å²) in [6.45, 7) is 1.94. The van der Waals surface area contributed by atoms with Crippen LogP contribution in [0.5, 0.6) is 0 Å². The van der Waals surface area contributed by atoms with Crippen LogP contribution in [0.15, 0.2) is 48.5 Å². The molecule has 0 aromatic heterocycles. The Labute approximate surface area is 123 Å². The number of hydrogen-bond donors (Lipinski definition) is 2. The van der Waals surface area contributed by atoms with Gasteiger partial charge in [-0.1, -0.05) is 41.9 Å². The fourth-order valence-corrected chi connectivity index (χ4v) is 2.26. The van der Waals surface area contributed by atoms with E-state index in [1.807, 2.05) is 31.2 Å². The van der Waals surface area contributed by atoms with E-state index in [1.54, 1.807) is 24.3 Å². The minimum Gasteiger partial charge on any atom is -0.398 e. The summed E-state index contributed by atoms with van der Waals surface area (Å²) in [5.41, 5.74) is 7.79. The molecule has 0 heterocycles. The number of nitrogens with one attached hydrogen (secondary N) is 1. The van der Waals surface area contributed by atoms with Crippen LogP contribution < -0.4 is 11.1 Å². The van der Waals surface area contributed by atoms with Crippen molar-refractivity contribution in [1.29, 1.82) is 0 Å². The molecule has 0 aliphatic carbocycles. The Morgan fingerprint density at radius 3 is 2.55 bits per heavy atom. The number of nitrogens with two attached hydrogens (primary N) is 1. The van der Waals surface area contributed by atoms with Crippen molar-refractivity contribution in [1.82, 2.24) is 5.32 Å². The standard InChI is InChI=1S/C16H17ClN2O/c1-11(10-12-6-2-4-8-14(12)17)19-16(20)13-7-3-5-9-15(13)18/h2-9,11H,10,18H2,1H3,(H,19,20). The maximum Gasteiger partial charge on any atom is 0.253 e. The summed E-state index contributed by atoms with van der Waals surface area (Å²) in [6.07, 6.45) is 0.679. The van der Waals surface area contributed by atoms with Gasteiger partial charge in [-0.25, -0.2) is 0 Å². The normalized spacial score (nSPS) is 11.9. The molecule has 4 heteroatoms. The molecule has 0 fully saturated rings. The van der Waals surface area contributed by atoms with Crippen molar-refractivity contribution < 1.29 is 4.79 Å². The van der Waals surface area contributed by atoms with Gasteiger partial charge in [0.25, 0.3) is 5.91 Å². The molecule has 0 aliphatic heterocycles. The minimum atomic E-state index is -0.164. The van der Waals surface area contributed by atoms with Gasteiger partial charge in [0, 0.05) is 16.8 Å². The molecule has 0 spiro atoms. The van der Waals surface area contributed by atoms with E-state index in [-0.39, 0.29) is 11.9 Å². The predicted molar refractivity (Wildman–Crippen MR) is 82.9 cm³/mol. The zero-order valence-electron chi connectivity index (χ0n) is 11.3. The third-order valence-electron chi connectivity index (χ3n) is 3.07. The third kappa shape index (κ3) is 3.52. The van der Waals surface area contributed by atoms with E-state index in [2.05, 4.69) is 5.32 Å². The van der Waals surface area contributed by atoms with Crippen LogP contribution in [0, 0.1) is 0 Å². The van der Waals surface area contributed by atoms with Crippen molar-refractivity contribution in [2.75, 3.05) is 5.73 Å². The lowest BCUT2D eigenvalue weighted by Gasteiger charge is -2.15. The van der Waals surface area contributed by atoms with Crippen molar-refractivity contribution in [2.24, 2.45) is 0 Å². The van der Waals surface area contributed by atoms with Gasteiger partial charge < -0.3 is 11.1 Å². The second-order valence-electron chi connectivity index (χ2n) is 4.76. The van der Waals surface area contributed by atoms with E-state index in [0.717, 1.165) is 5.56 Å². The Bertz CT molecular complexity index is 613. The van der Waals surface area contributed by atoms with Gasteiger partial charge in [0.15, 0.2) is 0 Å². The predicted octanol–water partition coefficient (Wildman–Crippen LogP) is 3.28. The van der Waals surface area contributed by atoms with Crippen LogP contribution in [-0.2, 0) is 6.42 Å². The summed E-state index contributed by atoms with van der Waals surface area (Å²) in [5.74, 6) is -0.164. The largest absolute Gasteiger partial charge is 0.398 e. The van der Waals surface area contributed by atoms with Crippen LogP contribution in [0.2, 0.25) is 5.02 Å². The molecular weight excluding hydrogens is 272 g/mol. The summed E-state index contributed by atoms with van der Waals surface area (Å²) < 4.78 is 0. The van der Waals surface area contributed by atoms with E-state index in [9.17, 15) is 4.79 Å². The molecule has 3 N–H and O–H groups in total. The Hall–Kier alpha value is -2.00. The first-order valence-corrected chi connectivity index (χ1v) is 6.84. The second-order valence-corrected chi connectivity index (χ2v) is 5.16. The number of carbonyl (C=O) groups excluding carboxylic acids is 1. The summed E-state index contributed by atoms with van der Waals surface area (Å²) >= 11 is 6.11. The highest BCUT2D eigenvalue weighted by atomic mass is 35.5. The Morgan fingerprint density at radius 2 is 1.85 bits per heavy atom. The SMILES string of the molecule is CC(Cc1ccccc1Cl)NC(=O)c1ccccc1N. The number of para-hydroxylation sites is 1. The molecule has 2 aromatic rings. The zero-order valence-corrected chi connectivity index (χ0v) is 12.0. The third-order valence-corrected chi connectivity index (χ3v) is 3.44. The highest BCUT2D eigenvalue weighted by Gasteiger charge is 2.13. The summed E-state index contributed by atoms with van der Waals surface area (Å²) in [7, 11) is 0. The van der Waals surface area contributed by atoms with Crippen molar-refractivity contribution in [3.63, 3.8) is 0 Å². The molecule has 3 nitrogen and oxygen atoms in total. The maximum atomic E-state index is 12.1. The summed E-state index contributed by atoms with van der Waals surface area (Å²) in [5, 5.41) is 3.65. The Balaban J connectivity index is 2.02. The number of carbonyl (C=O) groups is 1. The first-order chi connectivity index (χ1) is 9.58. The average Bonchev–Trinajstić information content (AvgIpc) is 2.41. The summed E-state index contributed by atoms with van der Waals surface area (Å²) in [6, 6.07) is 14.6. The number of nitrogen functional groups attached to an aromatic ring is 1. The molecule has 1 atom stereocenters. The van der Waals surface area contributed by atoms with Crippen LogP contribution in [0.4, 0.5) is 5.69 Å². The van der Waals surface area contributed by atoms with Gasteiger partial charge in [-0.3, -0.25) is 4.79 Å². The second kappa shape index (κ2) is 6.44. The molecule has 1 amide bonds. The van der Waals surface area contributed by atoms with Gasteiger partial charge in [0.1, 0.15) is 0 Å². The number of amides is 1. The fourth-order valence-electron chi connectivity index (χ4n) is 2.05. The molecule has 104 valence electrons. The van der Waals surface area contributed by atoms with Crippen LogP contribution >= 0.6 is 11.6 Å². The van der Waals surface area contributed by atoms with Crippen LogP contribution in [-0.4, -0.2) is 11.9 Å². The Kier molecular flexibility index (Phi) is 4.64. The van der Waals surface area contributed by atoms with Gasteiger partial charge in [-0.15, -0.1) is 0 Å². The van der Waals surface area contributed by atoms with Crippen molar-refractivity contribution in [3.05, 3.63) is 64.7 Å². The average molecular weight is 289 g/mol. The topological polar surface area (TPSA) is 55.1 Å². The van der Waals surface area contributed by atoms with Crippen LogP contribution in [0.1, 0.15) is 22.8 Å². The fraction of sp³-hybridized carbons (Fsp3) is 0.188. The highest BCUT2D eigenvalue weighted by Crippen LogP contribution is 2.17. The smallest absolute Gasteiger partial charge is 0.253 e. The molecule has 0 bridgehead atoms. The van der Waals surface area contributed by atoms with E-state index in [0.29, 0.717) is 22.7 Å². The van der Waals surface area contributed by atoms with Gasteiger partial charge in [0.05, 0.1) is 5.56 Å². The number of anilines is 1. The van der Waals surface area contributed by atoms with Crippen molar-refractivity contribution >= 4 is 23.2 Å². The first-order valence-electron chi connectivity index (χ1n) is 6.46. The lowest BCUT2D eigenvalue weighted by molar-refractivity contribution is 0.0941. The maximum absolute atomic E-state index is 12.1. The molecule has 0 saturated carbocycles. The van der Waals surface area contributed by atoms with Gasteiger partial charge in [-0.2, -0.15) is 0 Å². The van der Waals surface area contributed by atoms with E-state index in [4.69, 9.17) is 17.3 Å².